The number of thiocarbonyl (C=S) groups is 1. The molecule has 0 spiro atoms. The summed E-state index contributed by atoms with van der Waals surface area (Å²) >= 11 is 5.12. The van der Waals surface area contributed by atoms with Gasteiger partial charge in [0.25, 0.3) is 0 Å². The number of nitrogens with zero attached hydrogens (tertiary/aromatic N) is 1. The third-order valence-electron chi connectivity index (χ3n) is 2.48. The Labute approximate surface area is 113 Å². The van der Waals surface area contributed by atoms with Gasteiger partial charge < -0.3 is 15.5 Å². The second-order valence-electron chi connectivity index (χ2n) is 4.33. The molecule has 0 aromatic heterocycles. The molecule has 0 bridgehead atoms. The van der Waals surface area contributed by atoms with Crippen LogP contribution in [0.5, 0.6) is 0 Å². The SMILES string of the molecule is CN(C)CCNC(=S)NCCc1ccccc1F. The molecule has 0 saturated heterocycles. The molecular formula is C13H20FN3S. The van der Waals surface area contributed by atoms with Gasteiger partial charge in [-0.1, -0.05) is 18.2 Å². The van der Waals surface area contributed by atoms with E-state index < -0.39 is 0 Å². The Balaban J connectivity index is 2.18. The van der Waals surface area contributed by atoms with Crippen LogP contribution in [-0.4, -0.2) is 43.7 Å². The maximum Gasteiger partial charge on any atom is 0.166 e. The lowest BCUT2D eigenvalue weighted by molar-refractivity contribution is 0.412. The van der Waals surface area contributed by atoms with Crippen molar-refractivity contribution in [3.63, 3.8) is 0 Å². The molecule has 100 valence electrons. The number of halogens is 1. The van der Waals surface area contributed by atoms with E-state index in [1.807, 2.05) is 20.2 Å². The molecule has 1 rings (SSSR count). The van der Waals surface area contributed by atoms with Crippen molar-refractivity contribution in [1.82, 2.24) is 15.5 Å². The molecule has 0 radical (unpaired) electrons. The van der Waals surface area contributed by atoms with Crippen LogP contribution >= 0.6 is 12.2 Å². The normalized spacial score (nSPS) is 10.4. The summed E-state index contributed by atoms with van der Waals surface area (Å²) < 4.78 is 13.3. The van der Waals surface area contributed by atoms with E-state index in [0.717, 1.165) is 13.1 Å². The van der Waals surface area contributed by atoms with Gasteiger partial charge in [-0.3, -0.25) is 0 Å². The molecule has 3 nitrogen and oxygen atoms in total. The highest BCUT2D eigenvalue weighted by molar-refractivity contribution is 7.80. The van der Waals surface area contributed by atoms with Crippen molar-refractivity contribution in [3.05, 3.63) is 35.6 Å². The summed E-state index contributed by atoms with van der Waals surface area (Å²) in [6, 6.07) is 6.80. The van der Waals surface area contributed by atoms with Crippen LogP contribution in [0.3, 0.4) is 0 Å². The van der Waals surface area contributed by atoms with E-state index in [1.165, 1.54) is 6.07 Å². The fraction of sp³-hybridized carbons (Fsp3) is 0.462. The summed E-state index contributed by atoms with van der Waals surface area (Å²) in [4.78, 5) is 2.08. The standard InChI is InChI=1S/C13H20FN3S/c1-17(2)10-9-16-13(18)15-8-7-11-5-3-4-6-12(11)14/h3-6H,7-10H2,1-2H3,(H2,15,16,18). The maximum atomic E-state index is 13.3. The van der Waals surface area contributed by atoms with Crippen LogP contribution in [0.2, 0.25) is 0 Å². The minimum Gasteiger partial charge on any atom is -0.362 e. The zero-order valence-electron chi connectivity index (χ0n) is 10.9. The van der Waals surface area contributed by atoms with Gasteiger partial charge in [0.05, 0.1) is 0 Å². The van der Waals surface area contributed by atoms with Gasteiger partial charge in [0.15, 0.2) is 5.11 Å². The topological polar surface area (TPSA) is 27.3 Å². The highest BCUT2D eigenvalue weighted by Crippen LogP contribution is 2.05. The van der Waals surface area contributed by atoms with E-state index in [4.69, 9.17) is 12.2 Å². The number of likely N-dealkylation sites (N-methyl/N-ethyl adjacent to an activating group) is 1. The lowest BCUT2D eigenvalue weighted by Crippen LogP contribution is -2.39. The minimum atomic E-state index is -0.161. The van der Waals surface area contributed by atoms with Crippen LogP contribution in [0.15, 0.2) is 24.3 Å². The Bertz CT molecular complexity index is 382. The smallest absolute Gasteiger partial charge is 0.166 e. The first-order valence-corrected chi connectivity index (χ1v) is 6.40. The average Bonchev–Trinajstić information content (AvgIpc) is 2.31. The number of hydrogen-bond donors (Lipinski definition) is 2. The second-order valence-corrected chi connectivity index (χ2v) is 4.74. The van der Waals surface area contributed by atoms with Crippen molar-refractivity contribution in [2.45, 2.75) is 6.42 Å². The largest absolute Gasteiger partial charge is 0.362 e. The summed E-state index contributed by atoms with van der Waals surface area (Å²) in [7, 11) is 4.02. The van der Waals surface area contributed by atoms with Crippen LogP contribution in [0.25, 0.3) is 0 Å². The lowest BCUT2D eigenvalue weighted by atomic mass is 10.1. The van der Waals surface area contributed by atoms with Gasteiger partial charge in [-0.15, -0.1) is 0 Å². The van der Waals surface area contributed by atoms with Crippen LogP contribution in [0, 0.1) is 5.82 Å². The quantitative estimate of drug-likeness (QED) is 0.763. The number of benzene rings is 1. The first-order chi connectivity index (χ1) is 8.59. The number of hydrogen-bond acceptors (Lipinski definition) is 2. The lowest BCUT2D eigenvalue weighted by Gasteiger charge is -2.13. The third-order valence-corrected chi connectivity index (χ3v) is 2.77. The number of nitrogens with one attached hydrogen (secondary N) is 2. The Hall–Kier alpha value is -1.20. The van der Waals surface area contributed by atoms with Crippen molar-refractivity contribution in [2.24, 2.45) is 0 Å². The molecule has 0 aliphatic heterocycles. The fourth-order valence-corrected chi connectivity index (χ4v) is 1.67. The van der Waals surface area contributed by atoms with E-state index in [-0.39, 0.29) is 5.82 Å². The summed E-state index contributed by atoms with van der Waals surface area (Å²) in [5.41, 5.74) is 0.709. The molecule has 0 aliphatic rings. The molecule has 5 heteroatoms. The predicted octanol–water partition coefficient (Wildman–Crippen LogP) is 1.39. The monoisotopic (exact) mass is 269 g/mol. The Morgan fingerprint density at radius 1 is 1.22 bits per heavy atom. The van der Waals surface area contributed by atoms with Crippen molar-refractivity contribution < 1.29 is 4.39 Å². The summed E-state index contributed by atoms with van der Waals surface area (Å²) in [6.45, 7) is 2.36. The molecule has 0 heterocycles. The van der Waals surface area contributed by atoms with Gasteiger partial charge in [0.1, 0.15) is 5.82 Å². The van der Waals surface area contributed by atoms with Crippen LogP contribution in [-0.2, 0) is 6.42 Å². The molecule has 1 aromatic rings. The minimum absolute atomic E-state index is 0.161. The van der Waals surface area contributed by atoms with Crippen molar-refractivity contribution in [2.75, 3.05) is 33.7 Å². The number of rotatable bonds is 6. The van der Waals surface area contributed by atoms with E-state index in [2.05, 4.69) is 15.5 Å². The van der Waals surface area contributed by atoms with Gasteiger partial charge in [0.2, 0.25) is 0 Å². The van der Waals surface area contributed by atoms with E-state index in [9.17, 15) is 4.39 Å². The molecular weight excluding hydrogens is 249 g/mol. The first-order valence-electron chi connectivity index (χ1n) is 5.99. The van der Waals surface area contributed by atoms with Crippen molar-refractivity contribution in [3.8, 4) is 0 Å². The maximum absolute atomic E-state index is 13.3. The molecule has 2 N–H and O–H groups in total. The summed E-state index contributed by atoms with van der Waals surface area (Å²) in [6.07, 6.45) is 0.627. The van der Waals surface area contributed by atoms with E-state index in [0.29, 0.717) is 23.6 Å². The molecule has 18 heavy (non-hydrogen) atoms. The zero-order chi connectivity index (χ0) is 13.4. The van der Waals surface area contributed by atoms with E-state index >= 15 is 0 Å². The molecule has 0 atom stereocenters. The Morgan fingerprint density at radius 3 is 2.56 bits per heavy atom. The first kappa shape index (κ1) is 14.9. The summed E-state index contributed by atoms with van der Waals surface area (Å²) in [5, 5.41) is 6.79. The van der Waals surface area contributed by atoms with Crippen LogP contribution < -0.4 is 10.6 Å². The van der Waals surface area contributed by atoms with Crippen LogP contribution in [0.1, 0.15) is 5.56 Å². The average molecular weight is 269 g/mol. The van der Waals surface area contributed by atoms with Gasteiger partial charge >= 0.3 is 0 Å². The molecule has 0 fully saturated rings. The molecule has 0 aliphatic carbocycles. The molecule has 0 unspecified atom stereocenters. The van der Waals surface area contributed by atoms with Gasteiger partial charge in [-0.25, -0.2) is 4.39 Å². The second kappa shape index (κ2) is 8.00. The Kier molecular flexibility index (Phi) is 6.60. The van der Waals surface area contributed by atoms with Crippen molar-refractivity contribution >= 4 is 17.3 Å². The fourth-order valence-electron chi connectivity index (χ4n) is 1.47. The van der Waals surface area contributed by atoms with E-state index in [1.54, 1.807) is 12.1 Å². The Morgan fingerprint density at radius 2 is 1.89 bits per heavy atom. The van der Waals surface area contributed by atoms with Gasteiger partial charge in [-0.05, 0) is 44.4 Å². The van der Waals surface area contributed by atoms with Crippen molar-refractivity contribution in [1.29, 1.82) is 0 Å². The van der Waals surface area contributed by atoms with Gasteiger partial charge in [0, 0.05) is 19.6 Å². The highest BCUT2D eigenvalue weighted by Gasteiger charge is 2.00. The highest BCUT2D eigenvalue weighted by atomic mass is 32.1. The molecule has 0 saturated carbocycles. The summed E-state index contributed by atoms with van der Waals surface area (Å²) in [5.74, 6) is -0.161. The van der Waals surface area contributed by atoms with Gasteiger partial charge in [-0.2, -0.15) is 0 Å². The molecule has 1 aromatic carbocycles. The third kappa shape index (κ3) is 5.93. The zero-order valence-corrected chi connectivity index (χ0v) is 11.7. The predicted molar refractivity (Wildman–Crippen MR) is 77.3 cm³/mol. The molecule has 0 amide bonds. The van der Waals surface area contributed by atoms with Crippen LogP contribution in [0.4, 0.5) is 4.39 Å².